The maximum Gasteiger partial charge on any atom is 0.245 e. The number of aromatic nitrogens is 3. The van der Waals surface area contributed by atoms with Gasteiger partial charge < -0.3 is 4.90 Å². The topological polar surface area (TPSA) is 65.7 Å². The number of rotatable bonds is 4. The van der Waals surface area contributed by atoms with Gasteiger partial charge in [0.05, 0.1) is 18.0 Å². The van der Waals surface area contributed by atoms with Crippen molar-refractivity contribution in [3.8, 4) is 6.07 Å². The molecule has 0 fully saturated rings. The minimum absolute atomic E-state index is 0.462. The molecule has 86 valence electrons. The van der Waals surface area contributed by atoms with Gasteiger partial charge in [0, 0.05) is 13.1 Å². The van der Waals surface area contributed by atoms with Gasteiger partial charge in [-0.15, -0.1) is 10.2 Å². The van der Waals surface area contributed by atoms with Gasteiger partial charge >= 0.3 is 0 Å². The van der Waals surface area contributed by atoms with Gasteiger partial charge in [-0.2, -0.15) is 5.26 Å². The van der Waals surface area contributed by atoms with Crippen LogP contribution < -0.4 is 4.90 Å². The quantitative estimate of drug-likeness (QED) is 0.796. The molecular formula is C12H13N5. The zero-order valence-corrected chi connectivity index (χ0v) is 9.67. The molecular weight excluding hydrogens is 214 g/mol. The van der Waals surface area contributed by atoms with Crippen LogP contribution in [0, 0.1) is 11.3 Å². The first-order valence-corrected chi connectivity index (χ1v) is 5.56. The van der Waals surface area contributed by atoms with E-state index in [0.29, 0.717) is 18.9 Å². The normalized spacial score (nSPS) is 10.1. The van der Waals surface area contributed by atoms with Crippen molar-refractivity contribution in [1.82, 2.24) is 15.2 Å². The van der Waals surface area contributed by atoms with Gasteiger partial charge in [-0.05, 0) is 19.1 Å². The maximum absolute atomic E-state index is 8.60. The Labute approximate surface area is 99.7 Å². The van der Waals surface area contributed by atoms with Crippen molar-refractivity contribution in [1.29, 1.82) is 5.26 Å². The van der Waals surface area contributed by atoms with Crippen molar-refractivity contribution in [3.63, 3.8) is 0 Å². The molecule has 0 spiro atoms. The third-order valence-corrected chi connectivity index (χ3v) is 2.51. The van der Waals surface area contributed by atoms with Gasteiger partial charge in [0.1, 0.15) is 5.52 Å². The summed E-state index contributed by atoms with van der Waals surface area (Å²) in [6, 6.07) is 9.74. The molecule has 0 radical (unpaired) electrons. The Hall–Kier alpha value is -2.22. The van der Waals surface area contributed by atoms with Gasteiger partial charge in [0.2, 0.25) is 5.95 Å². The van der Waals surface area contributed by atoms with Crippen molar-refractivity contribution in [2.75, 3.05) is 18.0 Å². The van der Waals surface area contributed by atoms with Crippen molar-refractivity contribution in [3.05, 3.63) is 24.3 Å². The van der Waals surface area contributed by atoms with Crippen LogP contribution in [0.2, 0.25) is 0 Å². The monoisotopic (exact) mass is 227 g/mol. The molecule has 0 aliphatic heterocycles. The second-order valence-corrected chi connectivity index (χ2v) is 3.59. The first-order valence-electron chi connectivity index (χ1n) is 5.56. The molecule has 2 rings (SSSR count). The molecule has 0 saturated carbocycles. The summed E-state index contributed by atoms with van der Waals surface area (Å²) in [6.07, 6.45) is 0.462. The van der Waals surface area contributed by atoms with Crippen LogP contribution in [0.15, 0.2) is 24.3 Å². The largest absolute Gasteiger partial charge is 0.339 e. The van der Waals surface area contributed by atoms with E-state index < -0.39 is 0 Å². The van der Waals surface area contributed by atoms with E-state index in [1.54, 1.807) is 0 Å². The number of para-hydroxylation sites is 1. The molecule has 0 aliphatic carbocycles. The van der Waals surface area contributed by atoms with Crippen molar-refractivity contribution >= 4 is 17.0 Å². The highest BCUT2D eigenvalue weighted by atomic mass is 15.3. The summed E-state index contributed by atoms with van der Waals surface area (Å²) in [7, 11) is 0. The Bertz CT molecular complexity index is 546. The average Bonchev–Trinajstić information content (AvgIpc) is 2.39. The van der Waals surface area contributed by atoms with Gasteiger partial charge in [-0.1, -0.05) is 12.1 Å². The summed E-state index contributed by atoms with van der Waals surface area (Å²) in [5.74, 6) is 0.585. The number of nitrogens with zero attached hydrogens (tertiary/aromatic N) is 5. The second kappa shape index (κ2) is 5.21. The average molecular weight is 227 g/mol. The van der Waals surface area contributed by atoms with Crippen LogP contribution >= 0.6 is 0 Å². The fraction of sp³-hybridized carbons (Fsp3) is 0.333. The first kappa shape index (κ1) is 11.3. The zero-order chi connectivity index (χ0) is 12.1. The smallest absolute Gasteiger partial charge is 0.245 e. The van der Waals surface area contributed by atoms with E-state index in [2.05, 4.69) is 21.3 Å². The lowest BCUT2D eigenvalue weighted by atomic mass is 10.3. The highest BCUT2D eigenvalue weighted by Crippen LogP contribution is 2.12. The minimum atomic E-state index is 0.462. The SMILES string of the molecule is CCN(CCC#N)c1nnc2ccccc2n1. The number of anilines is 1. The molecule has 17 heavy (non-hydrogen) atoms. The molecule has 0 amide bonds. The molecule has 1 aromatic heterocycles. The van der Waals surface area contributed by atoms with E-state index in [0.717, 1.165) is 17.6 Å². The summed E-state index contributed by atoms with van der Waals surface area (Å²) >= 11 is 0. The highest BCUT2D eigenvalue weighted by molar-refractivity contribution is 5.74. The number of hydrogen-bond donors (Lipinski definition) is 0. The molecule has 0 bridgehead atoms. The Morgan fingerprint density at radius 1 is 1.24 bits per heavy atom. The predicted molar refractivity (Wildman–Crippen MR) is 65.5 cm³/mol. The molecule has 0 atom stereocenters. The Balaban J connectivity index is 2.31. The van der Waals surface area contributed by atoms with Gasteiger partial charge in [-0.3, -0.25) is 0 Å². The van der Waals surface area contributed by atoms with Crippen molar-refractivity contribution < 1.29 is 0 Å². The van der Waals surface area contributed by atoms with Crippen LogP contribution in [0.4, 0.5) is 5.95 Å². The number of benzene rings is 1. The first-order chi connectivity index (χ1) is 8.35. The molecule has 0 unspecified atom stereocenters. The Kier molecular flexibility index (Phi) is 3.46. The summed E-state index contributed by atoms with van der Waals surface area (Å²) in [4.78, 5) is 6.39. The van der Waals surface area contributed by atoms with Crippen LogP contribution in [-0.2, 0) is 0 Å². The van der Waals surface area contributed by atoms with Gasteiger partial charge in [0.15, 0.2) is 0 Å². The van der Waals surface area contributed by atoms with E-state index in [1.165, 1.54) is 0 Å². The van der Waals surface area contributed by atoms with E-state index in [4.69, 9.17) is 5.26 Å². The molecule has 5 heteroatoms. The number of fused-ring (bicyclic) bond motifs is 1. The molecule has 1 aromatic carbocycles. The van der Waals surface area contributed by atoms with Gasteiger partial charge in [-0.25, -0.2) is 4.98 Å². The van der Waals surface area contributed by atoms with Crippen LogP contribution in [0.25, 0.3) is 11.0 Å². The van der Waals surface area contributed by atoms with Crippen LogP contribution in [-0.4, -0.2) is 28.3 Å². The molecule has 0 aliphatic rings. The van der Waals surface area contributed by atoms with E-state index >= 15 is 0 Å². The third-order valence-electron chi connectivity index (χ3n) is 2.51. The number of nitriles is 1. The summed E-state index contributed by atoms with van der Waals surface area (Å²) < 4.78 is 0. The predicted octanol–water partition coefficient (Wildman–Crippen LogP) is 1.76. The Morgan fingerprint density at radius 3 is 2.71 bits per heavy atom. The molecule has 5 nitrogen and oxygen atoms in total. The molecule has 2 aromatic rings. The minimum Gasteiger partial charge on any atom is -0.339 e. The summed E-state index contributed by atoms with van der Waals surface area (Å²) in [5.41, 5.74) is 1.61. The highest BCUT2D eigenvalue weighted by Gasteiger charge is 2.08. The molecule has 1 heterocycles. The van der Waals surface area contributed by atoms with Crippen LogP contribution in [0.1, 0.15) is 13.3 Å². The van der Waals surface area contributed by atoms with Gasteiger partial charge in [0.25, 0.3) is 0 Å². The Morgan fingerprint density at radius 2 is 2.00 bits per heavy atom. The lowest BCUT2D eigenvalue weighted by Crippen LogP contribution is -2.26. The lowest BCUT2D eigenvalue weighted by molar-refractivity contribution is 0.779. The molecule has 0 N–H and O–H groups in total. The van der Waals surface area contributed by atoms with E-state index in [1.807, 2.05) is 36.1 Å². The number of hydrogen-bond acceptors (Lipinski definition) is 5. The summed E-state index contributed by atoms with van der Waals surface area (Å²) in [6.45, 7) is 3.41. The fourth-order valence-corrected chi connectivity index (χ4v) is 1.59. The standard InChI is InChI=1S/C12H13N5/c1-2-17(9-5-8-13)12-14-10-6-3-4-7-11(10)15-16-12/h3-4,6-7H,2,5,9H2,1H3. The van der Waals surface area contributed by atoms with Crippen LogP contribution in [0.5, 0.6) is 0 Å². The lowest BCUT2D eigenvalue weighted by Gasteiger charge is -2.18. The van der Waals surface area contributed by atoms with Crippen LogP contribution in [0.3, 0.4) is 0 Å². The van der Waals surface area contributed by atoms with Crippen molar-refractivity contribution in [2.24, 2.45) is 0 Å². The third kappa shape index (κ3) is 2.48. The van der Waals surface area contributed by atoms with Crippen molar-refractivity contribution in [2.45, 2.75) is 13.3 Å². The summed E-state index contributed by atoms with van der Waals surface area (Å²) in [5, 5.41) is 16.8. The fourth-order valence-electron chi connectivity index (χ4n) is 1.59. The van der Waals surface area contributed by atoms with E-state index in [9.17, 15) is 0 Å². The zero-order valence-electron chi connectivity index (χ0n) is 9.67. The molecule has 0 saturated heterocycles. The second-order valence-electron chi connectivity index (χ2n) is 3.59. The van der Waals surface area contributed by atoms with E-state index in [-0.39, 0.29) is 0 Å². The maximum atomic E-state index is 8.60.